The van der Waals surface area contributed by atoms with E-state index in [-0.39, 0.29) is 5.82 Å². The van der Waals surface area contributed by atoms with Crippen LogP contribution in [0.1, 0.15) is 11.1 Å². The van der Waals surface area contributed by atoms with Gasteiger partial charge in [0, 0.05) is 32.7 Å². The van der Waals surface area contributed by atoms with Gasteiger partial charge in [0.25, 0.3) is 0 Å². The highest BCUT2D eigenvalue weighted by Gasteiger charge is 2.19. The summed E-state index contributed by atoms with van der Waals surface area (Å²) in [5.74, 6) is 0.857. The fourth-order valence-corrected chi connectivity index (χ4v) is 2.57. The molecule has 1 aliphatic rings. The first-order valence-corrected chi connectivity index (χ1v) is 7.30. The van der Waals surface area contributed by atoms with Crippen LogP contribution in [-0.4, -0.2) is 41.0 Å². The minimum absolute atomic E-state index is 0.249. The third kappa shape index (κ3) is 3.15. The summed E-state index contributed by atoms with van der Waals surface area (Å²) in [5, 5.41) is 8.86. The predicted molar refractivity (Wildman–Crippen MR) is 85.1 cm³/mol. The van der Waals surface area contributed by atoms with Gasteiger partial charge in [0.05, 0.1) is 6.20 Å². The van der Waals surface area contributed by atoms with Crippen molar-refractivity contribution in [1.29, 1.82) is 5.26 Å². The minimum atomic E-state index is 0.249. The third-order valence-corrected chi connectivity index (χ3v) is 3.83. The molecule has 1 aromatic heterocycles. The van der Waals surface area contributed by atoms with Gasteiger partial charge in [0.1, 0.15) is 17.5 Å². The van der Waals surface area contributed by atoms with Gasteiger partial charge in [-0.05, 0) is 5.56 Å². The monoisotopic (exact) mass is 294 g/mol. The summed E-state index contributed by atoms with van der Waals surface area (Å²) < 4.78 is 0. The molecule has 0 atom stereocenters. The number of benzene rings is 1. The number of rotatable bonds is 3. The number of piperazine rings is 1. The zero-order valence-corrected chi connectivity index (χ0v) is 12.3. The number of hydrogen-bond donors (Lipinski definition) is 1. The van der Waals surface area contributed by atoms with E-state index < -0.39 is 0 Å². The van der Waals surface area contributed by atoms with Crippen molar-refractivity contribution in [2.24, 2.45) is 0 Å². The molecule has 3 rings (SSSR count). The van der Waals surface area contributed by atoms with Crippen LogP contribution >= 0.6 is 0 Å². The quantitative estimate of drug-likeness (QED) is 0.917. The van der Waals surface area contributed by atoms with Crippen LogP contribution in [0.4, 0.5) is 11.8 Å². The summed E-state index contributed by atoms with van der Waals surface area (Å²) in [7, 11) is 0. The molecule has 112 valence electrons. The normalized spacial score (nSPS) is 15.5. The molecule has 0 radical (unpaired) electrons. The van der Waals surface area contributed by atoms with Gasteiger partial charge in [-0.15, -0.1) is 0 Å². The second-order valence-corrected chi connectivity index (χ2v) is 5.33. The Balaban J connectivity index is 1.60. The smallest absolute Gasteiger partial charge is 0.227 e. The first-order valence-electron chi connectivity index (χ1n) is 7.30. The van der Waals surface area contributed by atoms with Crippen molar-refractivity contribution in [3.63, 3.8) is 0 Å². The van der Waals surface area contributed by atoms with E-state index in [2.05, 4.69) is 44.0 Å². The molecule has 0 spiro atoms. The van der Waals surface area contributed by atoms with Gasteiger partial charge in [0.15, 0.2) is 0 Å². The molecule has 1 aromatic carbocycles. The molecule has 0 bridgehead atoms. The lowest BCUT2D eigenvalue weighted by atomic mass is 10.2. The number of aromatic nitrogens is 2. The van der Waals surface area contributed by atoms with Crippen molar-refractivity contribution in [1.82, 2.24) is 14.9 Å². The van der Waals surface area contributed by atoms with Gasteiger partial charge < -0.3 is 10.6 Å². The van der Waals surface area contributed by atoms with Crippen molar-refractivity contribution in [3.05, 3.63) is 47.7 Å². The Labute approximate surface area is 129 Å². The Hall–Kier alpha value is -2.65. The minimum Gasteiger partial charge on any atom is -0.382 e. The largest absolute Gasteiger partial charge is 0.382 e. The lowest BCUT2D eigenvalue weighted by Crippen LogP contribution is -2.46. The summed E-state index contributed by atoms with van der Waals surface area (Å²) in [6.07, 6.45) is 1.49. The zero-order chi connectivity index (χ0) is 15.4. The van der Waals surface area contributed by atoms with Crippen molar-refractivity contribution in [3.8, 4) is 6.07 Å². The third-order valence-electron chi connectivity index (χ3n) is 3.83. The molecule has 2 N–H and O–H groups in total. The number of anilines is 2. The van der Waals surface area contributed by atoms with E-state index in [4.69, 9.17) is 11.0 Å². The maximum atomic E-state index is 8.86. The van der Waals surface area contributed by atoms with Crippen LogP contribution in [0.25, 0.3) is 0 Å². The Morgan fingerprint density at radius 1 is 1.14 bits per heavy atom. The van der Waals surface area contributed by atoms with Crippen molar-refractivity contribution >= 4 is 11.8 Å². The Kier molecular flexibility index (Phi) is 4.17. The Morgan fingerprint density at radius 2 is 1.86 bits per heavy atom. The lowest BCUT2D eigenvalue weighted by Gasteiger charge is -2.34. The number of nitriles is 1. The summed E-state index contributed by atoms with van der Waals surface area (Å²) in [5.41, 5.74) is 7.41. The van der Waals surface area contributed by atoms with Crippen molar-refractivity contribution in [2.75, 3.05) is 36.8 Å². The highest BCUT2D eigenvalue weighted by Crippen LogP contribution is 2.16. The van der Waals surface area contributed by atoms with Crippen LogP contribution in [0.5, 0.6) is 0 Å². The molecular formula is C16H18N6. The van der Waals surface area contributed by atoms with Crippen LogP contribution in [0.15, 0.2) is 36.5 Å². The van der Waals surface area contributed by atoms with Gasteiger partial charge in [-0.25, -0.2) is 4.98 Å². The van der Waals surface area contributed by atoms with E-state index in [1.807, 2.05) is 12.1 Å². The second kappa shape index (κ2) is 6.41. The van der Waals surface area contributed by atoms with Gasteiger partial charge in [-0.1, -0.05) is 30.3 Å². The fraction of sp³-hybridized carbons (Fsp3) is 0.312. The van der Waals surface area contributed by atoms with Gasteiger partial charge >= 0.3 is 0 Å². The summed E-state index contributed by atoms with van der Waals surface area (Å²) in [4.78, 5) is 13.0. The van der Waals surface area contributed by atoms with E-state index >= 15 is 0 Å². The SMILES string of the molecule is N#Cc1cnc(N2CCN(Cc3ccccc3)CC2)nc1N. The van der Waals surface area contributed by atoms with Crippen molar-refractivity contribution in [2.45, 2.75) is 6.54 Å². The zero-order valence-electron chi connectivity index (χ0n) is 12.3. The van der Waals surface area contributed by atoms with Crippen LogP contribution in [0.2, 0.25) is 0 Å². The number of nitrogens with two attached hydrogens (primary N) is 1. The second-order valence-electron chi connectivity index (χ2n) is 5.33. The van der Waals surface area contributed by atoms with E-state index in [0.29, 0.717) is 11.5 Å². The van der Waals surface area contributed by atoms with Gasteiger partial charge in [-0.2, -0.15) is 10.2 Å². The maximum absolute atomic E-state index is 8.86. The molecule has 2 aromatic rings. The maximum Gasteiger partial charge on any atom is 0.227 e. The molecule has 1 fully saturated rings. The van der Waals surface area contributed by atoms with Crippen LogP contribution in [0.3, 0.4) is 0 Å². The summed E-state index contributed by atoms with van der Waals surface area (Å²) in [6.45, 7) is 4.59. The van der Waals surface area contributed by atoms with E-state index in [1.54, 1.807) is 0 Å². The standard InChI is InChI=1S/C16H18N6/c17-10-14-11-19-16(20-15(14)18)22-8-6-21(7-9-22)12-13-4-2-1-3-5-13/h1-5,11H,6-9,12H2,(H2,18,19,20). The molecule has 0 aliphatic carbocycles. The number of nitrogen functional groups attached to an aromatic ring is 1. The lowest BCUT2D eigenvalue weighted by molar-refractivity contribution is 0.248. The molecule has 22 heavy (non-hydrogen) atoms. The number of nitrogens with zero attached hydrogens (tertiary/aromatic N) is 5. The highest BCUT2D eigenvalue weighted by atomic mass is 15.3. The van der Waals surface area contributed by atoms with Crippen LogP contribution in [-0.2, 0) is 6.54 Å². The molecule has 2 heterocycles. The molecule has 0 saturated carbocycles. The van der Waals surface area contributed by atoms with Gasteiger partial charge in [0.2, 0.25) is 5.95 Å². The van der Waals surface area contributed by atoms with Gasteiger partial charge in [-0.3, -0.25) is 4.90 Å². The Bertz CT molecular complexity index is 671. The van der Waals surface area contributed by atoms with E-state index in [9.17, 15) is 0 Å². The average Bonchev–Trinajstić information content (AvgIpc) is 2.56. The molecule has 6 nitrogen and oxygen atoms in total. The van der Waals surface area contributed by atoms with Crippen LogP contribution < -0.4 is 10.6 Å². The molecule has 1 saturated heterocycles. The highest BCUT2D eigenvalue weighted by molar-refractivity contribution is 5.50. The first-order chi connectivity index (χ1) is 10.8. The van der Waals surface area contributed by atoms with E-state index in [1.165, 1.54) is 11.8 Å². The Morgan fingerprint density at radius 3 is 2.50 bits per heavy atom. The molecule has 0 amide bonds. The molecule has 1 aliphatic heterocycles. The molecule has 6 heteroatoms. The molecule has 0 unspecified atom stereocenters. The topological polar surface area (TPSA) is 82.1 Å². The molecular weight excluding hydrogens is 276 g/mol. The number of hydrogen-bond acceptors (Lipinski definition) is 6. The predicted octanol–water partition coefficient (Wildman–Crippen LogP) is 1.25. The summed E-state index contributed by atoms with van der Waals surface area (Å²) >= 11 is 0. The van der Waals surface area contributed by atoms with Crippen molar-refractivity contribution < 1.29 is 0 Å². The average molecular weight is 294 g/mol. The fourth-order valence-electron chi connectivity index (χ4n) is 2.57. The van der Waals surface area contributed by atoms with E-state index in [0.717, 1.165) is 32.7 Å². The summed E-state index contributed by atoms with van der Waals surface area (Å²) in [6, 6.07) is 12.5. The first kappa shape index (κ1) is 14.3. The van der Waals surface area contributed by atoms with Crippen LogP contribution in [0, 0.1) is 11.3 Å².